The predicted octanol–water partition coefficient (Wildman–Crippen LogP) is 6.23. The molecule has 42 heavy (non-hydrogen) atoms. The SMILES string of the molecule is CC1C2=C(C=CC1NC(O)C(CCN)c1ccc(Cl)c(Cl)c1)CCN=C2NC(=O)c1cccc(Oc2ccccc2)c1. The van der Waals surface area contributed by atoms with E-state index in [0.29, 0.717) is 52.5 Å². The van der Waals surface area contributed by atoms with E-state index in [2.05, 4.69) is 29.7 Å². The Morgan fingerprint density at radius 3 is 2.62 bits per heavy atom. The fraction of sp³-hybridized carbons (Fsp3) is 0.273. The Labute approximate surface area is 256 Å². The maximum atomic E-state index is 13.4. The van der Waals surface area contributed by atoms with E-state index < -0.39 is 6.23 Å². The first-order chi connectivity index (χ1) is 20.3. The molecule has 2 aliphatic rings. The van der Waals surface area contributed by atoms with Crippen LogP contribution in [0, 0.1) is 5.92 Å². The lowest BCUT2D eigenvalue weighted by Crippen LogP contribution is -2.48. The van der Waals surface area contributed by atoms with Crippen LogP contribution in [0.2, 0.25) is 10.0 Å². The number of ether oxygens (including phenoxy) is 1. The van der Waals surface area contributed by atoms with Crippen LogP contribution in [-0.4, -0.2) is 42.2 Å². The highest BCUT2D eigenvalue weighted by atomic mass is 35.5. The second kappa shape index (κ2) is 13.7. The number of amides is 1. The highest BCUT2D eigenvalue weighted by molar-refractivity contribution is 6.42. The van der Waals surface area contributed by atoms with Gasteiger partial charge in [0.05, 0.1) is 10.0 Å². The molecule has 0 aromatic heterocycles. The zero-order valence-corrected chi connectivity index (χ0v) is 24.8. The van der Waals surface area contributed by atoms with E-state index in [4.69, 9.17) is 38.7 Å². The van der Waals surface area contributed by atoms with Crippen LogP contribution in [0.1, 0.15) is 41.6 Å². The molecule has 0 saturated heterocycles. The third kappa shape index (κ3) is 6.94. The number of dihydropyridines is 1. The molecule has 1 heterocycles. The Kier molecular flexibility index (Phi) is 9.77. The van der Waals surface area contributed by atoms with Crippen LogP contribution >= 0.6 is 23.2 Å². The summed E-state index contributed by atoms with van der Waals surface area (Å²) in [5.74, 6) is 1.19. The van der Waals surface area contributed by atoms with E-state index in [1.165, 1.54) is 0 Å². The molecule has 7 nitrogen and oxygen atoms in total. The summed E-state index contributed by atoms with van der Waals surface area (Å²) in [7, 11) is 0. The number of carbonyl (C=O) groups excluding carboxylic acids is 1. The second-order valence-corrected chi connectivity index (χ2v) is 11.3. The molecule has 0 saturated carbocycles. The number of amidine groups is 1. The van der Waals surface area contributed by atoms with Gasteiger partial charge in [0, 0.05) is 35.6 Å². The lowest BCUT2D eigenvalue weighted by Gasteiger charge is -2.35. The summed E-state index contributed by atoms with van der Waals surface area (Å²) in [6.45, 7) is 3.05. The first-order valence-corrected chi connectivity index (χ1v) is 14.8. The number of nitrogens with one attached hydrogen (secondary N) is 2. The van der Waals surface area contributed by atoms with Gasteiger partial charge in [-0.3, -0.25) is 15.1 Å². The Hall–Kier alpha value is -3.46. The number of aliphatic imine (C=N–C) groups is 1. The average molecular weight is 606 g/mol. The zero-order valence-electron chi connectivity index (χ0n) is 23.3. The van der Waals surface area contributed by atoms with Crippen molar-refractivity contribution in [3.05, 3.63) is 117 Å². The molecule has 0 radical (unpaired) electrons. The molecule has 5 rings (SSSR count). The van der Waals surface area contributed by atoms with Crippen molar-refractivity contribution in [1.82, 2.24) is 10.6 Å². The highest BCUT2D eigenvalue weighted by Gasteiger charge is 2.33. The molecular formula is C33H34Cl2N4O3. The molecule has 218 valence electrons. The Morgan fingerprint density at radius 1 is 1.07 bits per heavy atom. The Balaban J connectivity index is 1.29. The summed E-state index contributed by atoms with van der Waals surface area (Å²) >= 11 is 12.4. The van der Waals surface area contributed by atoms with Crippen LogP contribution in [0.4, 0.5) is 0 Å². The number of halogens is 2. The molecule has 3 aromatic rings. The van der Waals surface area contributed by atoms with E-state index in [-0.39, 0.29) is 23.8 Å². The van der Waals surface area contributed by atoms with Crippen LogP contribution in [-0.2, 0) is 0 Å². The summed E-state index contributed by atoms with van der Waals surface area (Å²) in [6.07, 6.45) is 4.57. The number of nitrogens with two attached hydrogens (primary N) is 1. The number of aliphatic hydroxyl groups excluding tert-OH is 1. The van der Waals surface area contributed by atoms with Gasteiger partial charge in [-0.1, -0.05) is 72.6 Å². The van der Waals surface area contributed by atoms with Crippen molar-refractivity contribution in [3.63, 3.8) is 0 Å². The first-order valence-electron chi connectivity index (χ1n) is 14.0. The summed E-state index contributed by atoms with van der Waals surface area (Å²) < 4.78 is 5.91. The highest BCUT2D eigenvalue weighted by Crippen LogP contribution is 2.33. The molecule has 4 unspecified atom stereocenters. The maximum absolute atomic E-state index is 13.4. The number of para-hydroxylation sites is 1. The molecule has 1 aliphatic carbocycles. The van der Waals surface area contributed by atoms with Crippen LogP contribution in [0.25, 0.3) is 0 Å². The summed E-state index contributed by atoms with van der Waals surface area (Å²) in [5, 5.41) is 18.6. The van der Waals surface area contributed by atoms with Gasteiger partial charge in [0.25, 0.3) is 5.91 Å². The minimum Gasteiger partial charge on any atom is -0.457 e. The average Bonchev–Trinajstić information content (AvgIpc) is 2.99. The number of aliphatic hydroxyl groups is 1. The van der Waals surface area contributed by atoms with Crippen molar-refractivity contribution in [1.29, 1.82) is 0 Å². The topological polar surface area (TPSA) is 109 Å². The standard InChI is InChI=1S/C33H34Cl2N4O3/c1-20-29(38-33(41)26(14-16-36)22-10-12-27(34)28(35)19-22)13-11-21-15-17-37-31(30(20)21)39-32(40)23-6-5-9-25(18-23)42-24-7-3-2-4-8-24/h2-13,18-20,26,29,33,38,41H,14-17,36H2,1H3,(H,37,39,40). The maximum Gasteiger partial charge on any atom is 0.256 e. The molecular weight excluding hydrogens is 571 g/mol. The monoisotopic (exact) mass is 604 g/mol. The van der Waals surface area contributed by atoms with E-state index in [1.54, 1.807) is 30.3 Å². The first kappa shape index (κ1) is 30.0. The van der Waals surface area contributed by atoms with Gasteiger partial charge in [-0.2, -0.15) is 0 Å². The number of nitrogens with zero attached hydrogens (tertiary/aromatic N) is 1. The van der Waals surface area contributed by atoms with Gasteiger partial charge >= 0.3 is 0 Å². The number of benzene rings is 3. The van der Waals surface area contributed by atoms with Crippen molar-refractivity contribution in [2.24, 2.45) is 16.6 Å². The van der Waals surface area contributed by atoms with Gasteiger partial charge in [-0.25, -0.2) is 0 Å². The van der Waals surface area contributed by atoms with Crippen molar-refractivity contribution < 1.29 is 14.6 Å². The van der Waals surface area contributed by atoms with Crippen molar-refractivity contribution in [3.8, 4) is 11.5 Å². The molecule has 3 aromatic carbocycles. The normalized spacial score (nSPS) is 19.5. The van der Waals surface area contributed by atoms with E-state index in [1.807, 2.05) is 42.5 Å². The van der Waals surface area contributed by atoms with Gasteiger partial charge in [0.15, 0.2) is 0 Å². The number of allylic oxidation sites excluding steroid dienone is 1. The fourth-order valence-corrected chi connectivity index (χ4v) is 5.77. The molecule has 5 N–H and O–H groups in total. The number of rotatable bonds is 9. The Bertz CT molecular complexity index is 1520. The molecule has 9 heteroatoms. The lowest BCUT2D eigenvalue weighted by atomic mass is 9.81. The minimum atomic E-state index is -0.893. The third-order valence-electron chi connectivity index (χ3n) is 7.65. The van der Waals surface area contributed by atoms with E-state index in [0.717, 1.165) is 23.1 Å². The van der Waals surface area contributed by atoms with E-state index in [9.17, 15) is 9.90 Å². The Morgan fingerprint density at radius 2 is 1.86 bits per heavy atom. The van der Waals surface area contributed by atoms with Crippen molar-refractivity contribution >= 4 is 34.9 Å². The molecule has 0 spiro atoms. The third-order valence-corrected chi connectivity index (χ3v) is 8.39. The molecule has 0 fully saturated rings. The van der Waals surface area contributed by atoms with E-state index >= 15 is 0 Å². The predicted molar refractivity (Wildman–Crippen MR) is 168 cm³/mol. The number of carbonyl (C=O) groups is 1. The molecule has 1 amide bonds. The smallest absolute Gasteiger partial charge is 0.256 e. The molecule has 1 aliphatic heterocycles. The zero-order chi connectivity index (χ0) is 29.6. The number of hydrogen-bond acceptors (Lipinski definition) is 6. The summed E-state index contributed by atoms with van der Waals surface area (Å²) in [6, 6.07) is 21.7. The van der Waals surface area contributed by atoms with Crippen LogP contribution in [0.15, 0.2) is 101 Å². The summed E-state index contributed by atoms with van der Waals surface area (Å²) in [5.41, 5.74) is 9.31. The lowest BCUT2D eigenvalue weighted by molar-refractivity contribution is 0.0911. The van der Waals surface area contributed by atoms with Crippen molar-refractivity contribution in [2.45, 2.75) is 38.0 Å². The van der Waals surface area contributed by atoms with Crippen LogP contribution in [0.3, 0.4) is 0 Å². The van der Waals surface area contributed by atoms with Gasteiger partial charge < -0.3 is 20.9 Å². The summed E-state index contributed by atoms with van der Waals surface area (Å²) in [4.78, 5) is 18.0. The molecule has 4 atom stereocenters. The largest absolute Gasteiger partial charge is 0.457 e. The molecule has 0 bridgehead atoms. The van der Waals surface area contributed by atoms with Crippen molar-refractivity contribution in [2.75, 3.05) is 13.1 Å². The minimum absolute atomic E-state index is 0.0703. The fourth-order valence-electron chi connectivity index (χ4n) is 5.46. The van der Waals surface area contributed by atoms with Crippen LogP contribution in [0.5, 0.6) is 11.5 Å². The van der Waals surface area contributed by atoms with Gasteiger partial charge in [-0.15, -0.1) is 0 Å². The van der Waals surface area contributed by atoms with Crippen LogP contribution < -0.4 is 21.1 Å². The van der Waals surface area contributed by atoms with Gasteiger partial charge in [0.1, 0.15) is 23.6 Å². The number of hydrogen-bond donors (Lipinski definition) is 4. The quantitative estimate of drug-likeness (QED) is 0.216. The van der Waals surface area contributed by atoms with Gasteiger partial charge in [0.2, 0.25) is 0 Å². The second-order valence-electron chi connectivity index (χ2n) is 10.5. The van der Waals surface area contributed by atoms with Gasteiger partial charge in [-0.05, 0) is 73.0 Å².